The first-order valence-electron chi connectivity index (χ1n) is 5.24. The molecule has 3 nitrogen and oxygen atoms in total. The van der Waals surface area contributed by atoms with E-state index in [1.54, 1.807) is 0 Å². The van der Waals surface area contributed by atoms with Crippen molar-refractivity contribution < 1.29 is 9.53 Å². The quantitative estimate of drug-likeness (QED) is 0.799. The van der Waals surface area contributed by atoms with Crippen LogP contribution in [0.25, 0.3) is 0 Å². The standard InChI is InChI=1S/C12H15NO2/c1-8(2)15-10-3-4-11-9(7-10)5-6-13-12(11)14/h3-4,7-8H,5-6H2,1-2H3,(H,13,14). The van der Waals surface area contributed by atoms with Crippen LogP contribution in [-0.2, 0) is 6.42 Å². The second kappa shape index (κ2) is 3.93. The Bertz CT molecular complexity index is 385. The van der Waals surface area contributed by atoms with Crippen molar-refractivity contribution in [3.8, 4) is 5.75 Å². The zero-order valence-electron chi connectivity index (χ0n) is 9.04. The van der Waals surface area contributed by atoms with Gasteiger partial charge in [0.05, 0.1) is 6.10 Å². The van der Waals surface area contributed by atoms with Gasteiger partial charge in [0.2, 0.25) is 0 Å². The summed E-state index contributed by atoms with van der Waals surface area (Å²) in [6.45, 7) is 4.70. The third-order valence-electron chi connectivity index (χ3n) is 2.37. The van der Waals surface area contributed by atoms with Gasteiger partial charge in [0.1, 0.15) is 5.75 Å². The fourth-order valence-electron chi connectivity index (χ4n) is 1.75. The number of hydrogen-bond donors (Lipinski definition) is 1. The van der Waals surface area contributed by atoms with Crippen LogP contribution in [0.15, 0.2) is 18.2 Å². The number of rotatable bonds is 2. The highest BCUT2D eigenvalue weighted by Gasteiger charge is 2.16. The summed E-state index contributed by atoms with van der Waals surface area (Å²) in [5.74, 6) is 0.866. The maximum atomic E-state index is 11.5. The van der Waals surface area contributed by atoms with Crippen molar-refractivity contribution in [2.45, 2.75) is 26.4 Å². The fourth-order valence-corrected chi connectivity index (χ4v) is 1.75. The molecule has 0 spiro atoms. The van der Waals surface area contributed by atoms with Gasteiger partial charge in [-0.05, 0) is 44.0 Å². The molecule has 0 saturated heterocycles. The number of fused-ring (bicyclic) bond motifs is 1. The molecule has 0 atom stereocenters. The molecular formula is C12H15NO2. The lowest BCUT2D eigenvalue weighted by atomic mass is 10.0. The van der Waals surface area contributed by atoms with E-state index in [-0.39, 0.29) is 12.0 Å². The Morgan fingerprint density at radius 2 is 2.20 bits per heavy atom. The van der Waals surface area contributed by atoms with Gasteiger partial charge in [-0.15, -0.1) is 0 Å². The lowest BCUT2D eigenvalue weighted by Gasteiger charge is -2.18. The molecule has 1 amide bonds. The summed E-state index contributed by atoms with van der Waals surface area (Å²) >= 11 is 0. The lowest BCUT2D eigenvalue weighted by Crippen LogP contribution is -2.31. The molecule has 80 valence electrons. The normalized spacial score (nSPS) is 14.7. The van der Waals surface area contributed by atoms with E-state index in [0.29, 0.717) is 0 Å². The molecule has 0 unspecified atom stereocenters. The molecule has 2 rings (SSSR count). The highest BCUT2D eigenvalue weighted by molar-refractivity contribution is 5.96. The van der Waals surface area contributed by atoms with Gasteiger partial charge >= 0.3 is 0 Å². The minimum atomic E-state index is 0.0207. The maximum absolute atomic E-state index is 11.5. The second-order valence-corrected chi connectivity index (χ2v) is 3.99. The highest BCUT2D eigenvalue weighted by Crippen LogP contribution is 2.21. The minimum absolute atomic E-state index is 0.0207. The van der Waals surface area contributed by atoms with E-state index in [1.165, 1.54) is 0 Å². The van der Waals surface area contributed by atoms with Gasteiger partial charge in [-0.25, -0.2) is 0 Å². The molecule has 1 heterocycles. The van der Waals surface area contributed by atoms with E-state index >= 15 is 0 Å². The minimum Gasteiger partial charge on any atom is -0.491 e. The van der Waals surface area contributed by atoms with E-state index in [2.05, 4.69) is 5.32 Å². The van der Waals surface area contributed by atoms with Gasteiger partial charge in [-0.2, -0.15) is 0 Å². The molecule has 15 heavy (non-hydrogen) atoms. The van der Waals surface area contributed by atoms with Crippen molar-refractivity contribution in [3.63, 3.8) is 0 Å². The highest BCUT2D eigenvalue weighted by atomic mass is 16.5. The molecule has 1 aromatic carbocycles. The Hall–Kier alpha value is -1.51. The van der Waals surface area contributed by atoms with E-state index < -0.39 is 0 Å². The monoisotopic (exact) mass is 205 g/mol. The van der Waals surface area contributed by atoms with Crippen molar-refractivity contribution in [3.05, 3.63) is 29.3 Å². The molecule has 1 aliphatic heterocycles. The van der Waals surface area contributed by atoms with Crippen LogP contribution in [0.1, 0.15) is 29.8 Å². The van der Waals surface area contributed by atoms with E-state index in [0.717, 1.165) is 29.8 Å². The summed E-state index contributed by atoms with van der Waals surface area (Å²) in [7, 11) is 0. The van der Waals surface area contributed by atoms with Crippen LogP contribution in [0.2, 0.25) is 0 Å². The van der Waals surface area contributed by atoms with Gasteiger partial charge in [0.25, 0.3) is 5.91 Å². The largest absolute Gasteiger partial charge is 0.491 e. The molecule has 0 radical (unpaired) electrons. The molecule has 1 aromatic rings. The third kappa shape index (κ3) is 2.12. The average molecular weight is 205 g/mol. The first kappa shape index (κ1) is 10.0. The first-order valence-corrected chi connectivity index (χ1v) is 5.24. The van der Waals surface area contributed by atoms with Gasteiger partial charge < -0.3 is 10.1 Å². The molecule has 3 heteroatoms. The van der Waals surface area contributed by atoms with Crippen LogP contribution in [0.3, 0.4) is 0 Å². The lowest BCUT2D eigenvalue weighted by molar-refractivity contribution is 0.0946. The van der Waals surface area contributed by atoms with Crippen LogP contribution in [-0.4, -0.2) is 18.6 Å². The van der Waals surface area contributed by atoms with Crippen LogP contribution < -0.4 is 10.1 Å². The predicted octanol–water partition coefficient (Wildman–Crippen LogP) is 1.76. The van der Waals surface area contributed by atoms with Crippen molar-refractivity contribution in [2.75, 3.05) is 6.54 Å². The van der Waals surface area contributed by atoms with Gasteiger partial charge in [0.15, 0.2) is 0 Å². The number of hydrogen-bond acceptors (Lipinski definition) is 2. The van der Waals surface area contributed by atoms with Gasteiger partial charge in [0, 0.05) is 12.1 Å². The summed E-state index contributed by atoms with van der Waals surface area (Å²) in [6, 6.07) is 5.65. The molecule has 0 saturated carbocycles. The Morgan fingerprint density at radius 3 is 2.93 bits per heavy atom. The number of carbonyl (C=O) groups excluding carboxylic acids is 1. The molecule has 0 fully saturated rings. The Morgan fingerprint density at radius 1 is 1.40 bits per heavy atom. The van der Waals surface area contributed by atoms with Gasteiger partial charge in [-0.3, -0.25) is 4.79 Å². The van der Waals surface area contributed by atoms with Crippen LogP contribution >= 0.6 is 0 Å². The van der Waals surface area contributed by atoms with Crippen molar-refractivity contribution >= 4 is 5.91 Å². The Kier molecular flexibility index (Phi) is 2.62. The number of carbonyl (C=O) groups is 1. The summed E-state index contributed by atoms with van der Waals surface area (Å²) in [6.07, 6.45) is 1.05. The third-order valence-corrected chi connectivity index (χ3v) is 2.37. The second-order valence-electron chi connectivity index (χ2n) is 3.99. The summed E-state index contributed by atoms with van der Waals surface area (Å²) in [5.41, 5.74) is 1.86. The zero-order chi connectivity index (χ0) is 10.8. The average Bonchev–Trinajstić information content (AvgIpc) is 2.17. The zero-order valence-corrected chi connectivity index (χ0v) is 9.04. The van der Waals surface area contributed by atoms with E-state index in [4.69, 9.17) is 4.74 Å². The fraction of sp³-hybridized carbons (Fsp3) is 0.417. The summed E-state index contributed by atoms with van der Waals surface area (Å²) in [4.78, 5) is 11.5. The molecular weight excluding hydrogens is 190 g/mol. The Balaban J connectivity index is 2.29. The molecule has 0 aromatic heterocycles. The van der Waals surface area contributed by atoms with Crippen LogP contribution in [0, 0.1) is 0 Å². The predicted molar refractivity (Wildman–Crippen MR) is 58.2 cm³/mol. The summed E-state index contributed by atoms with van der Waals surface area (Å²) in [5, 5.41) is 2.82. The SMILES string of the molecule is CC(C)Oc1ccc2c(c1)CCNC2=O. The van der Waals surface area contributed by atoms with E-state index in [1.807, 2.05) is 32.0 Å². The number of nitrogens with one attached hydrogen (secondary N) is 1. The molecule has 0 bridgehead atoms. The van der Waals surface area contributed by atoms with Crippen LogP contribution in [0.4, 0.5) is 0 Å². The number of ether oxygens (including phenoxy) is 1. The van der Waals surface area contributed by atoms with E-state index in [9.17, 15) is 4.79 Å². The smallest absolute Gasteiger partial charge is 0.251 e. The number of amides is 1. The van der Waals surface area contributed by atoms with Crippen molar-refractivity contribution in [2.24, 2.45) is 0 Å². The van der Waals surface area contributed by atoms with Crippen molar-refractivity contribution in [1.82, 2.24) is 5.32 Å². The first-order chi connectivity index (χ1) is 7.16. The topological polar surface area (TPSA) is 38.3 Å². The summed E-state index contributed by atoms with van der Waals surface area (Å²) < 4.78 is 5.58. The molecule has 1 N–H and O–H groups in total. The molecule has 1 aliphatic rings. The van der Waals surface area contributed by atoms with Gasteiger partial charge in [-0.1, -0.05) is 0 Å². The Labute approximate surface area is 89.4 Å². The molecule has 0 aliphatic carbocycles. The maximum Gasteiger partial charge on any atom is 0.251 e. The van der Waals surface area contributed by atoms with Crippen LogP contribution in [0.5, 0.6) is 5.75 Å². The number of benzene rings is 1. The van der Waals surface area contributed by atoms with Crippen molar-refractivity contribution in [1.29, 1.82) is 0 Å².